The molecule has 2 rings (SSSR count). The normalized spacial score (nSPS) is 20.5. The summed E-state index contributed by atoms with van der Waals surface area (Å²) in [5, 5.41) is 6.70. The maximum Gasteiger partial charge on any atom is 0.191 e. The van der Waals surface area contributed by atoms with E-state index in [1.165, 1.54) is 32.1 Å². The topological polar surface area (TPSA) is 54.9 Å². The standard InChI is InChI=1S/C17H33N3O2/c1-3-18-16(19-10-12-22-13-15-5-6-15)20-14-17(7-4-8-17)9-11-21-2/h15H,3-14H2,1-2H3,(H2,18,19,20). The van der Waals surface area contributed by atoms with Crippen molar-refractivity contribution in [3.8, 4) is 0 Å². The summed E-state index contributed by atoms with van der Waals surface area (Å²) < 4.78 is 10.9. The van der Waals surface area contributed by atoms with E-state index in [9.17, 15) is 0 Å². The molecule has 0 spiro atoms. The van der Waals surface area contributed by atoms with E-state index in [2.05, 4.69) is 17.6 Å². The number of aliphatic imine (C=N–C) groups is 1. The first-order chi connectivity index (χ1) is 10.8. The van der Waals surface area contributed by atoms with Crippen LogP contribution in [-0.2, 0) is 9.47 Å². The molecule has 0 amide bonds. The van der Waals surface area contributed by atoms with Crippen molar-refractivity contribution in [1.29, 1.82) is 0 Å². The van der Waals surface area contributed by atoms with Crippen molar-refractivity contribution in [2.24, 2.45) is 16.3 Å². The summed E-state index contributed by atoms with van der Waals surface area (Å²) in [6.07, 6.45) is 7.71. The van der Waals surface area contributed by atoms with E-state index < -0.39 is 0 Å². The molecule has 0 aromatic rings. The Hall–Kier alpha value is -0.810. The molecule has 2 saturated carbocycles. The van der Waals surface area contributed by atoms with Crippen molar-refractivity contribution < 1.29 is 9.47 Å². The van der Waals surface area contributed by atoms with Gasteiger partial charge < -0.3 is 20.1 Å². The molecule has 5 heteroatoms. The first kappa shape index (κ1) is 17.5. The Labute approximate surface area is 135 Å². The Bertz CT molecular complexity index is 339. The van der Waals surface area contributed by atoms with Crippen molar-refractivity contribution in [3.63, 3.8) is 0 Å². The average Bonchev–Trinajstić information content (AvgIpc) is 3.29. The fourth-order valence-corrected chi connectivity index (χ4v) is 2.85. The van der Waals surface area contributed by atoms with Gasteiger partial charge >= 0.3 is 0 Å². The van der Waals surface area contributed by atoms with Crippen molar-refractivity contribution in [2.45, 2.75) is 45.4 Å². The summed E-state index contributed by atoms with van der Waals surface area (Å²) in [7, 11) is 1.78. The molecule has 5 nitrogen and oxygen atoms in total. The number of hydrogen-bond acceptors (Lipinski definition) is 3. The third-order valence-corrected chi connectivity index (χ3v) is 4.76. The minimum Gasteiger partial charge on any atom is -0.385 e. The Kier molecular flexibility index (Phi) is 7.46. The largest absolute Gasteiger partial charge is 0.385 e. The summed E-state index contributed by atoms with van der Waals surface area (Å²) in [6.45, 7) is 7.24. The zero-order valence-corrected chi connectivity index (χ0v) is 14.3. The molecule has 2 fully saturated rings. The third kappa shape index (κ3) is 6.13. The van der Waals surface area contributed by atoms with Crippen LogP contribution in [0.3, 0.4) is 0 Å². The number of rotatable bonds is 11. The molecule has 0 saturated heterocycles. The number of guanidine groups is 1. The summed E-state index contributed by atoms with van der Waals surface area (Å²) in [4.78, 5) is 4.79. The molecule has 0 aliphatic heterocycles. The van der Waals surface area contributed by atoms with Gasteiger partial charge in [-0.05, 0) is 50.4 Å². The molecule has 0 aromatic heterocycles. The summed E-state index contributed by atoms with van der Waals surface area (Å²) in [6, 6.07) is 0. The van der Waals surface area contributed by atoms with Crippen LogP contribution in [0.1, 0.15) is 45.4 Å². The number of methoxy groups -OCH3 is 1. The second kappa shape index (κ2) is 9.36. The van der Waals surface area contributed by atoms with Gasteiger partial charge in [0.2, 0.25) is 0 Å². The van der Waals surface area contributed by atoms with Crippen LogP contribution in [0.4, 0.5) is 0 Å². The second-order valence-corrected chi connectivity index (χ2v) is 6.74. The van der Waals surface area contributed by atoms with Gasteiger partial charge in [-0.15, -0.1) is 0 Å². The van der Waals surface area contributed by atoms with Gasteiger partial charge in [0.1, 0.15) is 0 Å². The van der Waals surface area contributed by atoms with Crippen LogP contribution in [-0.4, -0.2) is 52.5 Å². The third-order valence-electron chi connectivity index (χ3n) is 4.76. The van der Waals surface area contributed by atoms with Crippen LogP contribution in [0.2, 0.25) is 0 Å². The van der Waals surface area contributed by atoms with Gasteiger partial charge in [-0.1, -0.05) is 6.42 Å². The highest BCUT2D eigenvalue weighted by Gasteiger charge is 2.36. The van der Waals surface area contributed by atoms with E-state index in [0.29, 0.717) is 5.41 Å². The number of ether oxygens (including phenoxy) is 2. The van der Waals surface area contributed by atoms with Crippen LogP contribution in [0.15, 0.2) is 4.99 Å². The fraction of sp³-hybridized carbons (Fsp3) is 0.941. The van der Waals surface area contributed by atoms with Gasteiger partial charge in [0.15, 0.2) is 5.96 Å². The zero-order valence-electron chi connectivity index (χ0n) is 14.3. The molecule has 2 aliphatic rings. The lowest BCUT2D eigenvalue weighted by atomic mass is 9.67. The summed E-state index contributed by atoms with van der Waals surface area (Å²) >= 11 is 0. The Morgan fingerprint density at radius 3 is 2.64 bits per heavy atom. The molecule has 128 valence electrons. The predicted octanol–water partition coefficient (Wildman–Crippen LogP) is 2.17. The minimum atomic E-state index is 0.376. The van der Waals surface area contributed by atoms with E-state index in [1.807, 2.05) is 0 Å². The lowest BCUT2D eigenvalue weighted by molar-refractivity contribution is 0.0778. The first-order valence-electron chi connectivity index (χ1n) is 8.87. The van der Waals surface area contributed by atoms with Gasteiger partial charge in [-0.3, -0.25) is 4.99 Å². The maximum absolute atomic E-state index is 5.66. The molecule has 2 N–H and O–H groups in total. The minimum absolute atomic E-state index is 0.376. The van der Waals surface area contributed by atoms with E-state index in [-0.39, 0.29) is 0 Å². The first-order valence-corrected chi connectivity index (χ1v) is 8.87. The smallest absolute Gasteiger partial charge is 0.191 e. The molecule has 0 radical (unpaired) electrons. The lowest BCUT2D eigenvalue weighted by Gasteiger charge is -2.40. The van der Waals surface area contributed by atoms with Crippen LogP contribution >= 0.6 is 0 Å². The number of hydrogen-bond donors (Lipinski definition) is 2. The van der Waals surface area contributed by atoms with Gasteiger partial charge in [0.25, 0.3) is 0 Å². The van der Waals surface area contributed by atoms with Gasteiger partial charge in [-0.2, -0.15) is 0 Å². The lowest BCUT2D eigenvalue weighted by Crippen LogP contribution is -2.41. The van der Waals surface area contributed by atoms with E-state index in [1.54, 1.807) is 7.11 Å². The molecular weight excluding hydrogens is 278 g/mol. The summed E-state index contributed by atoms with van der Waals surface area (Å²) in [5.41, 5.74) is 0.376. The van der Waals surface area contributed by atoms with Crippen LogP contribution < -0.4 is 10.6 Å². The molecule has 2 aliphatic carbocycles. The van der Waals surface area contributed by atoms with Crippen molar-refractivity contribution >= 4 is 5.96 Å². The van der Waals surface area contributed by atoms with Crippen molar-refractivity contribution in [1.82, 2.24) is 10.6 Å². The number of nitrogens with one attached hydrogen (secondary N) is 2. The molecule has 0 bridgehead atoms. The average molecular weight is 311 g/mol. The van der Waals surface area contributed by atoms with Crippen LogP contribution in [0.25, 0.3) is 0 Å². The highest BCUT2D eigenvalue weighted by molar-refractivity contribution is 5.79. The van der Waals surface area contributed by atoms with E-state index in [0.717, 1.165) is 57.8 Å². The molecule has 0 unspecified atom stereocenters. The van der Waals surface area contributed by atoms with Gasteiger partial charge in [0, 0.05) is 40.0 Å². The monoisotopic (exact) mass is 311 g/mol. The number of nitrogens with zero attached hydrogens (tertiary/aromatic N) is 1. The highest BCUT2D eigenvalue weighted by Crippen LogP contribution is 2.44. The quantitative estimate of drug-likeness (QED) is 0.349. The molecule has 0 aromatic carbocycles. The van der Waals surface area contributed by atoms with Crippen LogP contribution in [0.5, 0.6) is 0 Å². The zero-order chi connectivity index (χ0) is 15.7. The Morgan fingerprint density at radius 1 is 1.23 bits per heavy atom. The molecule has 22 heavy (non-hydrogen) atoms. The fourth-order valence-electron chi connectivity index (χ4n) is 2.85. The summed E-state index contributed by atoms with van der Waals surface area (Å²) in [5.74, 6) is 1.75. The second-order valence-electron chi connectivity index (χ2n) is 6.74. The SMILES string of the molecule is CCNC(=NCC1(CCOC)CCC1)NCCOCC1CC1. The van der Waals surface area contributed by atoms with Crippen molar-refractivity contribution in [2.75, 3.05) is 46.6 Å². The van der Waals surface area contributed by atoms with Crippen molar-refractivity contribution in [3.05, 3.63) is 0 Å². The molecular formula is C17H33N3O2. The highest BCUT2D eigenvalue weighted by atomic mass is 16.5. The van der Waals surface area contributed by atoms with E-state index >= 15 is 0 Å². The van der Waals surface area contributed by atoms with Crippen LogP contribution in [0, 0.1) is 11.3 Å². The van der Waals surface area contributed by atoms with E-state index in [4.69, 9.17) is 14.5 Å². The van der Waals surface area contributed by atoms with Gasteiger partial charge in [-0.25, -0.2) is 0 Å². The molecule has 0 atom stereocenters. The predicted molar refractivity (Wildman–Crippen MR) is 90.3 cm³/mol. The Morgan fingerprint density at radius 2 is 2.05 bits per heavy atom. The Balaban J connectivity index is 1.68. The maximum atomic E-state index is 5.66. The van der Waals surface area contributed by atoms with Gasteiger partial charge in [0.05, 0.1) is 6.61 Å². The molecule has 0 heterocycles.